The molecule has 13 heteroatoms. The number of carbonyl (C=O) groups is 1. The zero-order chi connectivity index (χ0) is 41.1. The van der Waals surface area contributed by atoms with Gasteiger partial charge in [-0.2, -0.15) is 8.42 Å². The van der Waals surface area contributed by atoms with Crippen LogP contribution in [0, 0.1) is 0 Å². The normalized spacial score (nSPS) is 21.6. The predicted octanol–water partition coefficient (Wildman–Crippen LogP) is 7.96. The lowest BCUT2D eigenvalue weighted by molar-refractivity contribution is -0.301. The SMILES string of the molecule is CC/C=C\C/C=C\C/C=C\C/C=C\C/C=C\C/C=C\CCCCCOCC(COC1OC(CO)C(O)C(OS(=O)(=O)O)C1O)OC(=O)CCCCCCCCC. The van der Waals surface area contributed by atoms with Crippen molar-refractivity contribution in [3.8, 4) is 0 Å². The number of carbonyl (C=O) groups excluding carboxylic acids is 1. The number of rotatable bonds is 34. The molecule has 56 heavy (non-hydrogen) atoms. The number of aliphatic hydroxyl groups excluding tert-OH is 3. The minimum atomic E-state index is -5.06. The summed E-state index contributed by atoms with van der Waals surface area (Å²) in [7, 11) is -5.06. The van der Waals surface area contributed by atoms with Crippen LogP contribution in [0.2, 0.25) is 0 Å². The Morgan fingerprint density at radius 1 is 0.696 bits per heavy atom. The smallest absolute Gasteiger partial charge is 0.397 e. The fourth-order valence-electron chi connectivity index (χ4n) is 5.73. The van der Waals surface area contributed by atoms with Crippen molar-refractivity contribution in [3.05, 3.63) is 72.9 Å². The van der Waals surface area contributed by atoms with Gasteiger partial charge in [0.1, 0.15) is 30.5 Å². The summed E-state index contributed by atoms with van der Waals surface area (Å²) >= 11 is 0. The summed E-state index contributed by atoms with van der Waals surface area (Å²) in [5, 5.41) is 30.5. The lowest BCUT2D eigenvalue weighted by Gasteiger charge is -2.41. The van der Waals surface area contributed by atoms with Gasteiger partial charge in [-0.05, 0) is 64.2 Å². The van der Waals surface area contributed by atoms with Crippen molar-refractivity contribution >= 4 is 16.4 Å². The topological polar surface area (TPSA) is 178 Å². The average Bonchev–Trinajstić information content (AvgIpc) is 3.16. The van der Waals surface area contributed by atoms with Crippen LogP contribution in [0.1, 0.15) is 129 Å². The van der Waals surface area contributed by atoms with Gasteiger partial charge in [0.2, 0.25) is 0 Å². The molecule has 0 aliphatic carbocycles. The summed E-state index contributed by atoms with van der Waals surface area (Å²) in [6, 6.07) is 0. The minimum Gasteiger partial charge on any atom is -0.457 e. The van der Waals surface area contributed by atoms with Gasteiger partial charge < -0.3 is 34.3 Å². The third kappa shape index (κ3) is 28.0. The molecule has 6 unspecified atom stereocenters. The summed E-state index contributed by atoms with van der Waals surface area (Å²) < 4.78 is 58.7. The Labute approximate surface area is 337 Å². The molecule has 1 aliphatic heterocycles. The van der Waals surface area contributed by atoms with E-state index in [0.717, 1.165) is 83.5 Å². The lowest BCUT2D eigenvalue weighted by Crippen LogP contribution is -2.60. The molecule has 0 bridgehead atoms. The molecule has 0 amide bonds. The zero-order valence-corrected chi connectivity index (χ0v) is 34.7. The van der Waals surface area contributed by atoms with Crippen LogP contribution in [0.5, 0.6) is 0 Å². The molecular weight excluding hydrogens is 741 g/mol. The van der Waals surface area contributed by atoms with Crippen LogP contribution in [0.4, 0.5) is 0 Å². The van der Waals surface area contributed by atoms with E-state index in [1.165, 1.54) is 19.3 Å². The third-order valence-corrected chi connectivity index (χ3v) is 9.31. The quantitative estimate of drug-likeness (QED) is 0.0214. The van der Waals surface area contributed by atoms with E-state index in [2.05, 4.69) is 90.9 Å². The molecular formula is C43H72O12S. The number of hydrogen-bond acceptors (Lipinski definition) is 11. The standard InChI is InChI=1S/C43H72O12S/c1-3-5-7-9-11-12-13-14-15-16-17-18-19-20-21-22-23-24-25-27-29-31-33-51-35-37(53-39(45)32-30-28-26-10-8-6-4-2)36-52-43-41(47)42(55-56(48,49)50)40(46)38(34-44)54-43/h5,7,11-12,14-15,17-18,20-21,23-24,37-38,40-44,46-47H,3-4,6,8-10,13,16,19,22,25-36H2,1-2H3,(H,48,49,50)/b7-5-,12-11-,15-14-,18-17-,21-20-,24-23-. The second kappa shape index (κ2) is 34.6. The summed E-state index contributed by atoms with van der Waals surface area (Å²) in [5.41, 5.74) is 0. The fraction of sp³-hybridized carbons (Fsp3) is 0.698. The molecule has 1 aliphatic rings. The molecule has 322 valence electrons. The molecule has 0 aromatic heterocycles. The number of aliphatic hydroxyl groups is 3. The van der Waals surface area contributed by atoms with Gasteiger partial charge in [-0.25, -0.2) is 4.18 Å². The highest BCUT2D eigenvalue weighted by molar-refractivity contribution is 7.80. The van der Waals surface area contributed by atoms with Crippen LogP contribution >= 0.6 is 0 Å². The minimum absolute atomic E-state index is 0.00965. The highest BCUT2D eigenvalue weighted by atomic mass is 32.3. The second-order valence-electron chi connectivity index (χ2n) is 13.9. The Kier molecular flexibility index (Phi) is 31.8. The number of allylic oxidation sites excluding steroid dienone is 12. The highest BCUT2D eigenvalue weighted by Crippen LogP contribution is 2.26. The maximum absolute atomic E-state index is 12.7. The van der Waals surface area contributed by atoms with Crippen LogP contribution in [0.15, 0.2) is 72.9 Å². The van der Waals surface area contributed by atoms with Gasteiger partial charge in [-0.15, -0.1) is 0 Å². The van der Waals surface area contributed by atoms with Gasteiger partial charge in [-0.3, -0.25) is 9.35 Å². The maximum atomic E-state index is 12.7. The highest BCUT2D eigenvalue weighted by Gasteiger charge is 2.48. The van der Waals surface area contributed by atoms with Crippen molar-refractivity contribution in [2.75, 3.05) is 26.4 Å². The lowest BCUT2D eigenvalue weighted by atomic mass is 9.99. The van der Waals surface area contributed by atoms with Gasteiger partial charge >= 0.3 is 16.4 Å². The van der Waals surface area contributed by atoms with Gasteiger partial charge in [-0.1, -0.05) is 132 Å². The van der Waals surface area contributed by atoms with E-state index >= 15 is 0 Å². The van der Waals surface area contributed by atoms with E-state index in [1.54, 1.807) is 0 Å². The van der Waals surface area contributed by atoms with Gasteiger partial charge in [0.25, 0.3) is 0 Å². The Morgan fingerprint density at radius 3 is 1.79 bits per heavy atom. The fourth-order valence-corrected chi connectivity index (χ4v) is 6.24. The van der Waals surface area contributed by atoms with Crippen molar-refractivity contribution in [1.29, 1.82) is 0 Å². The third-order valence-electron chi connectivity index (χ3n) is 8.84. The van der Waals surface area contributed by atoms with Crippen LogP contribution in [-0.4, -0.2) is 97.5 Å². The van der Waals surface area contributed by atoms with E-state index < -0.39 is 59.8 Å². The maximum Gasteiger partial charge on any atom is 0.397 e. The molecule has 4 N–H and O–H groups in total. The zero-order valence-electron chi connectivity index (χ0n) is 33.9. The molecule has 0 aromatic carbocycles. The molecule has 0 radical (unpaired) electrons. The largest absolute Gasteiger partial charge is 0.457 e. The monoisotopic (exact) mass is 812 g/mol. The Bertz CT molecular complexity index is 1260. The van der Waals surface area contributed by atoms with Crippen molar-refractivity contribution in [2.45, 2.75) is 166 Å². The van der Waals surface area contributed by atoms with E-state index in [4.69, 9.17) is 23.5 Å². The molecule has 12 nitrogen and oxygen atoms in total. The Hall–Kier alpha value is -2.46. The molecule has 0 saturated carbocycles. The number of esters is 1. The second-order valence-corrected chi connectivity index (χ2v) is 14.9. The predicted molar refractivity (Wildman–Crippen MR) is 220 cm³/mol. The average molecular weight is 813 g/mol. The summed E-state index contributed by atoms with van der Waals surface area (Å²) in [4.78, 5) is 12.7. The van der Waals surface area contributed by atoms with Crippen molar-refractivity contribution in [1.82, 2.24) is 0 Å². The Balaban J connectivity index is 2.42. The summed E-state index contributed by atoms with van der Waals surface area (Å²) in [5.74, 6) is -0.423. The van der Waals surface area contributed by atoms with Gasteiger partial charge in [0.15, 0.2) is 6.29 Å². The van der Waals surface area contributed by atoms with Gasteiger partial charge in [0, 0.05) is 13.0 Å². The number of hydrogen-bond donors (Lipinski definition) is 4. The first-order chi connectivity index (χ1) is 27.1. The van der Waals surface area contributed by atoms with Crippen LogP contribution < -0.4 is 0 Å². The molecule has 0 aromatic rings. The molecule has 6 atom stereocenters. The molecule has 1 heterocycles. The van der Waals surface area contributed by atoms with Crippen molar-refractivity contribution < 1.29 is 56.2 Å². The van der Waals surface area contributed by atoms with Gasteiger partial charge in [0.05, 0.1) is 19.8 Å². The summed E-state index contributed by atoms with van der Waals surface area (Å²) in [6.45, 7) is 3.70. The van der Waals surface area contributed by atoms with E-state index in [1.807, 2.05) is 0 Å². The Morgan fingerprint density at radius 2 is 1.23 bits per heavy atom. The van der Waals surface area contributed by atoms with Crippen LogP contribution in [-0.2, 0) is 38.3 Å². The number of ether oxygens (including phenoxy) is 4. The summed E-state index contributed by atoms with van der Waals surface area (Å²) in [6.07, 6.45) is 34.0. The van der Waals surface area contributed by atoms with Crippen LogP contribution in [0.25, 0.3) is 0 Å². The van der Waals surface area contributed by atoms with E-state index in [-0.39, 0.29) is 19.6 Å². The first kappa shape index (κ1) is 51.6. The first-order valence-corrected chi connectivity index (χ1v) is 22.1. The number of unbranched alkanes of at least 4 members (excludes halogenated alkanes) is 9. The van der Waals surface area contributed by atoms with Crippen molar-refractivity contribution in [2.24, 2.45) is 0 Å². The van der Waals surface area contributed by atoms with Crippen LogP contribution in [0.3, 0.4) is 0 Å². The van der Waals surface area contributed by atoms with E-state index in [0.29, 0.717) is 13.0 Å². The molecule has 1 fully saturated rings. The molecule has 1 saturated heterocycles. The first-order valence-electron chi connectivity index (χ1n) is 20.7. The van der Waals surface area contributed by atoms with Crippen molar-refractivity contribution in [3.63, 3.8) is 0 Å². The molecule has 1 rings (SSSR count). The van der Waals surface area contributed by atoms with E-state index in [9.17, 15) is 28.5 Å². The molecule has 0 spiro atoms.